The first-order chi connectivity index (χ1) is 8.16. The van der Waals surface area contributed by atoms with Crippen LogP contribution < -0.4 is 5.32 Å². The lowest BCUT2D eigenvalue weighted by atomic mass is 10.1. The van der Waals surface area contributed by atoms with Crippen LogP contribution in [0.4, 0.5) is 5.82 Å². The SMILES string of the molecule is CC(CNc1ncnc2ccsc12)CC(=O)O. The van der Waals surface area contributed by atoms with Gasteiger partial charge in [0.25, 0.3) is 0 Å². The minimum atomic E-state index is -0.775. The Kier molecular flexibility index (Phi) is 3.53. The number of nitrogens with zero attached hydrogens (tertiary/aromatic N) is 2. The molecule has 0 aliphatic rings. The Labute approximate surface area is 103 Å². The molecule has 2 N–H and O–H groups in total. The normalized spacial score (nSPS) is 12.5. The molecule has 0 spiro atoms. The van der Waals surface area contributed by atoms with Crippen LogP contribution in [-0.4, -0.2) is 27.6 Å². The van der Waals surface area contributed by atoms with Gasteiger partial charge in [0.2, 0.25) is 0 Å². The molecule has 2 aromatic heterocycles. The number of carbonyl (C=O) groups is 1. The summed E-state index contributed by atoms with van der Waals surface area (Å²) in [4.78, 5) is 18.9. The smallest absolute Gasteiger partial charge is 0.303 e. The molecule has 2 heterocycles. The van der Waals surface area contributed by atoms with E-state index >= 15 is 0 Å². The van der Waals surface area contributed by atoms with Crippen LogP contribution in [0.3, 0.4) is 0 Å². The van der Waals surface area contributed by atoms with E-state index in [4.69, 9.17) is 5.11 Å². The summed E-state index contributed by atoms with van der Waals surface area (Å²) in [5.41, 5.74) is 0.915. The fourth-order valence-electron chi connectivity index (χ4n) is 1.56. The van der Waals surface area contributed by atoms with Crippen LogP contribution in [0.15, 0.2) is 17.8 Å². The van der Waals surface area contributed by atoms with Gasteiger partial charge in [0.05, 0.1) is 10.2 Å². The molecule has 2 rings (SSSR count). The van der Waals surface area contributed by atoms with Crippen LogP contribution in [-0.2, 0) is 4.79 Å². The van der Waals surface area contributed by atoms with Gasteiger partial charge in [0, 0.05) is 13.0 Å². The minimum Gasteiger partial charge on any atom is -0.481 e. The van der Waals surface area contributed by atoms with Crippen LogP contribution in [0.2, 0.25) is 0 Å². The first-order valence-electron chi connectivity index (χ1n) is 5.30. The largest absolute Gasteiger partial charge is 0.481 e. The quantitative estimate of drug-likeness (QED) is 0.852. The summed E-state index contributed by atoms with van der Waals surface area (Å²) in [7, 11) is 0. The third kappa shape index (κ3) is 2.91. The van der Waals surface area contributed by atoms with E-state index in [1.807, 2.05) is 18.4 Å². The van der Waals surface area contributed by atoms with Crippen molar-refractivity contribution in [2.75, 3.05) is 11.9 Å². The van der Waals surface area contributed by atoms with E-state index < -0.39 is 5.97 Å². The lowest BCUT2D eigenvalue weighted by molar-refractivity contribution is -0.137. The molecule has 0 radical (unpaired) electrons. The van der Waals surface area contributed by atoms with Crippen molar-refractivity contribution in [1.82, 2.24) is 9.97 Å². The molecule has 0 saturated heterocycles. The van der Waals surface area contributed by atoms with E-state index in [0.29, 0.717) is 6.54 Å². The maximum atomic E-state index is 10.5. The molecule has 0 saturated carbocycles. The molecule has 0 aliphatic heterocycles. The molecular weight excluding hydrogens is 238 g/mol. The average molecular weight is 251 g/mol. The molecule has 0 amide bonds. The van der Waals surface area contributed by atoms with Gasteiger partial charge in [0.15, 0.2) is 0 Å². The minimum absolute atomic E-state index is 0.0671. The molecule has 2 aromatic rings. The number of rotatable bonds is 5. The number of aromatic nitrogens is 2. The van der Waals surface area contributed by atoms with Crippen molar-refractivity contribution < 1.29 is 9.90 Å². The summed E-state index contributed by atoms with van der Waals surface area (Å²) in [6, 6.07) is 1.94. The molecule has 1 atom stereocenters. The Hall–Kier alpha value is -1.69. The van der Waals surface area contributed by atoms with Gasteiger partial charge in [-0.3, -0.25) is 4.79 Å². The fraction of sp³-hybridized carbons (Fsp3) is 0.364. The fourth-order valence-corrected chi connectivity index (χ4v) is 2.37. The lowest BCUT2D eigenvalue weighted by Gasteiger charge is -2.10. The highest BCUT2D eigenvalue weighted by molar-refractivity contribution is 7.17. The van der Waals surface area contributed by atoms with Crippen LogP contribution >= 0.6 is 11.3 Å². The molecule has 90 valence electrons. The maximum Gasteiger partial charge on any atom is 0.303 e. The van der Waals surface area contributed by atoms with E-state index in [0.717, 1.165) is 16.0 Å². The third-order valence-electron chi connectivity index (χ3n) is 2.38. The number of nitrogens with one attached hydrogen (secondary N) is 1. The van der Waals surface area contributed by atoms with Gasteiger partial charge in [0.1, 0.15) is 12.1 Å². The highest BCUT2D eigenvalue weighted by Gasteiger charge is 2.09. The molecule has 6 heteroatoms. The molecule has 0 aromatic carbocycles. The van der Waals surface area contributed by atoms with Crippen LogP contribution in [0.5, 0.6) is 0 Å². The van der Waals surface area contributed by atoms with Gasteiger partial charge in [-0.15, -0.1) is 11.3 Å². The van der Waals surface area contributed by atoms with E-state index in [2.05, 4.69) is 15.3 Å². The summed E-state index contributed by atoms with van der Waals surface area (Å²) in [5, 5.41) is 13.8. The van der Waals surface area contributed by atoms with Crippen molar-refractivity contribution in [3.05, 3.63) is 17.8 Å². The van der Waals surface area contributed by atoms with Crippen molar-refractivity contribution in [3.63, 3.8) is 0 Å². The number of aliphatic carboxylic acids is 1. The van der Waals surface area contributed by atoms with Gasteiger partial charge in [-0.25, -0.2) is 9.97 Å². The maximum absolute atomic E-state index is 10.5. The van der Waals surface area contributed by atoms with Crippen molar-refractivity contribution in [2.45, 2.75) is 13.3 Å². The van der Waals surface area contributed by atoms with E-state index in [1.165, 1.54) is 6.33 Å². The van der Waals surface area contributed by atoms with Crippen molar-refractivity contribution in [3.8, 4) is 0 Å². The summed E-state index contributed by atoms with van der Waals surface area (Å²) in [6.07, 6.45) is 1.67. The van der Waals surface area contributed by atoms with Crippen molar-refractivity contribution in [1.29, 1.82) is 0 Å². The second-order valence-electron chi connectivity index (χ2n) is 3.94. The Morgan fingerprint density at radius 2 is 2.41 bits per heavy atom. The molecule has 5 nitrogen and oxygen atoms in total. The summed E-state index contributed by atoms with van der Waals surface area (Å²) in [6.45, 7) is 2.49. The predicted molar refractivity (Wildman–Crippen MR) is 67.3 cm³/mol. The molecule has 0 bridgehead atoms. The first kappa shape index (κ1) is 11.8. The summed E-state index contributed by atoms with van der Waals surface area (Å²) in [5.74, 6) is 0.0722. The Balaban J connectivity index is 2.03. The number of hydrogen-bond acceptors (Lipinski definition) is 5. The Bertz CT molecular complexity index is 526. The molecular formula is C11H13N3O2S. The van der Waals surface area contributed by atoms with Gasteiger partial charge in [-0.05, 0) is 17.4 Å². The molecule has 0 aliphatic carbocycles. The Morgan fingerprint density at radius 1 is 1.59 bits per heavy atom. The second kappa shape index (κ2) is 5.09. The van der Waals surface area contributed by atoms with E-state index in [-0.39, 0.29) is 12.3 Å². The number of carboxylic acids is 1. The highest BCUT2D eigenvalue weighted by atomic mass is 32.1. The lowest BCUT2D eigenvalue weighted by Crippen LogP contribution is -2.15. The van der Waals surface area contributed by atoms with Crippen molar-refractivity contribution in [2.24, 2.45) is 5.92 Å². The monoisotopic (exact) mass is 251 g/mol. The zero-order chi connectivity index (χ0) is 12.3. The van der Waals surface area contributed by atoms with Gasteiger partial charge < -0.3 is 10.4 Å². The number of anilines is 1. The Morgan fingerprint density at radius 3 is 3.18 bits per heavy atom. The zero-order valence-electron chi connectivity index (χ0n) is 9.38. The van der Waals surface area contributed by atoms with Crippen LogP contribution in [0.25, 0.3) is 10.2 Å². The predicted octanol–water partition coefficient (Wildman–Crippen LogP) is 2.21. The number of hydrogen-bond donors (Lipinski definition) is 2. The molecule has 1 unspecified atom stereocenters. The molecule has 17 heavy (non-hydrogen) atoms. The topological polar surface area (TPSA) is 75.1 Å². The van der Waals surface area contributed by atoms with E-state index in [1.54, 1.807) is 11.3 Å². The number of fused-ring (bicyclic) bond motifs is 1. The van der Waals surface area contributed by atoms with Crippen molar-refractivity contribution >= 4 is 33.3 Å². The van der Waals surface area contributed by atoms with Gasteiger partial charge in [-0.2, -0.15) is 0 Å². The standard InChI is InChI=1S/C11H13N3O2S/c1-7(4-9(15)16)5-12-11-10-8(2-3-17-10)13-6-14-11/h2-3,6-7H,4-5H2,1H3,(H,15,16)(H,12,13,14). The summed E-state index contributed by atoms with van der Waals surface area (Å²) < 4.78 is 1.01. The number of carboxylic acid groups (broad SMARTS) is 1. The van der Waals surface area contributed by atoms with Crippen LogP contribution in [0, 0.1) is 5.92 Å². The second-order valence-corrected chi connectivity index (χ2v) is 4.86. The zero-order valence-corrected chi connectivity index (χ0v) is 10.2. The third-order valence-corrected chi connectivity index (χ3v) is 3.29. The van der Waals surface area contributed by atoms with Gasteiger partial charge in [-0.1, -0.05) is 6.92 Å². The van der Waals surface area contributed by atoms with Crippen LogP contribution in [0.1, 0.15) is 13.3 Å². The molecule has 0 fully saturated rings. The first-order valence-corrected chi connectivity index (χ1v) is 6.18. The van der Waals surface area contributed by atoms with Gasteiger partial charge >= 0.3 is 5.97 Å². The average Bonchev–Trinajstić information content (AvgIpc) is 2.73. The highest BCUT2D eigenvalue weighted by Crippen LogP contribution is 2.24. The number of thiophene rings is 1. The summed E-state index contributed by atoms with van der Waals surface area (Å²) >= 11 is 1.58. The van der Waals surface area contributed by atoms with E-state index in [9.17, 15) is 4.79 Å².